The smallest absolute Gasteiger partial charge is 0.340 e. The lowest BCUT2D eigenvalue weighted by Crippen LogP contribution is -2.02. The monoisotopic (exact) mass is 218 g/mol. The van der Waals surface area contributed by atoms with Crippen LogP contribution in [0.2, 0.25) is 0 Å². The summed E-state index contributed by atoms with van der Waals surface area (Å²) < 4.78 is 13.0. The van der Waals surface area contributed by atoms with Gasteiger partial charge in [-0.3, -0.25) is 4.98 Å². The van der Waals surface area contributed by atoms with Gasteiger partial charge in [-0.15, -0.1) is 0 Å². The van der Waals surface area contributed by atoms with E-state index < -0.39 is 17.5 Å². The van der Waals surface area contributed by atoms with Crippen molar-refractivity contribution in [3.8, 4) is 11.1 Å². The van der Waals surface area contributed by atoms with Crippen molar-refractivity contribution < 1.29 is 14.3 Å². The largest absolute Gasteiger partial charge is 0.478 e. The normalized spacial score (nSPS) is 10.1. The van der Waals surface area contributed by atoms with E-state index in [1.165, 1.54) is 12.3 Å². The van der Waals surface area contributed by atoms with Crippen molar-refractivity contribution >= 4 is 5.97 Å². The van der Waals surface area contributed by atoms with Gasteiger partial charge in [-0.1, -0.05) is 0 Å². The number of carboxylic acids is 1. The van der Waals surface area contributed by atoms with E-state index in [1.54, 1.807) is 24.5 Å². The van der Waals surface area contributed by atoms with Gasteiger partial charge >= 0.3 is 5.97 Å². The summed E-state index contributed by atoms with van der Waals surface area (Å²) in [6, 6.07) is 4.64. The lowest BCUT2D eigenvalue weighted by Gasteiger charge is -2.02. The molecule has 2 aromatic heterocycles. The molecule has 0 aliphatic rings. The molecule has 0 fully saturated rings. The fraction of sp³-hybridized carbons (Fsp3) is 0. The first-order chi connectivity index (χ1) is 7.68. The Morgan fingerprint density at radius 2 is 1.94 bits per heavy atom. The maximum Gasteiger partial charge on any atom is 0.340 e. The summed E-state index contributed by atoms with van der Waals surface area (Å²) in [4.78, 5) is 18.0. The zero-order valence-electron chi connectivity index (χ0n) is 8.09. The molecule has 16 heavy (non-hydrogen) atoms. The van der Waals surface area contributed by atoms with E-state index >= 15 is 0 Å². The van der Waals surface area contributed by atoms with Crippen LogP contribution in [0, 0.1) is 5.95 Å². The Balaban J connectivity index is 2.52. The van der Waals surface area contributed by atoms with Crippen LogP contribution in [0.1, 0.15) is 10.4 Å². The molecule has 0 saturated carbocycles. The molecule has 2 rings (SSSR count). The van der Waals surface area contributed by atoms with Crippen molar-refractivity contribution in [3.05, 3.63) is 48.3 Å². The Hall–Kier alpha value is -2.30. The minimum absolute atomic E-state index is 0.436. The van der Waals surface area contributed by atoms with Crippen LogP contribution in [-0.4, -0.2) is 21.0 Å². The van der Waals surface area contributed by atoms with Crippen LogP contribution in [0.3, 0.4) is 0 Å². The minimum Gasteiger partial charge on any atom is -0.478 e. The first kappa shape index (κ1) is 10.2. The van der Waals surface area contributed by atoms with E-state index in [1.807, 2.05) is 0 Å². The fourth-order valence-corrected chi connectivity index (χ4v) is 1.30. The van der Waals surface area contributed by atoms with Crippen LogP contribution in [-0.2, 0) is 0 Å². The van der Waals surface area contributed by atoms with Crippen LogP contribution in [0.4, 0.5) is 4.39 Å². The Labute approximate surface area is 90.4 Å². The molecule has 0 radical (unpaired) electrons. The zero-order chi connectivity index (χ0) is 11.5. The third-order valence-corrected chi connectivity index (χ3v) is 2.08. The van der Waals surface area contributed by atoms with E-state index in [2.05, 4.69) is 9.97 Å². The molecule has 80 valence electrons. The Morgan fingerprint density at radius 3 is 2.56 bits per heavy atom. The zero-order valence-corrected chi connectivity index (χ0v) is 8.09. The first-order valence-corrected chi connectivity index (χ1v) is 4.47. The number of aromatic carboxylic acids is 1. The van der Waals surface area contributed by atoms with Crippen molar-refractivity contribution in [3.63, 3.8) is 0 Å². The second-order valence-electron chi connectivity index (χ2n) is 3.10. The van der Waals surface area contributed by atoms with Gasteiger partial charge in [0, 0.05) is 24.2 Å². The predicted octanol–water partition coefficient (Wildman–Crippen LogP) is 1.98. The summed E-state index contributed by atoms with van der Waals surface area (Å²) >= 11 is 0. The molecular weight excluding hydrogens is 211 g/mol. The van der Waals surface area contributed by atoms with E-state index in [-0.39, 0.29) is 0 Å². The quantitative estimate of drug-likeness (QED) is 0.783. The van der Waals surface area contributed by atoms with Gasteiger partial charge in [0.15, 0.2) is 0 Å². The van der Waals surface area contributed by atoms with Gasteiger partial charge in [-0.05, 0) is 23.8 Å². The van der Waals surface area contributed by atoms with Gasteiger partial charge in [0.2, 0.25) is 5.95 Å². The van der Waals surface area contributed by atoms with E-state index in [0.29, 0.717) is 5.56 Å². The third-order valence-electron chi connectivity index (χ3n) is 2.08. The molecule has 0 aliphatic heterocycles. The number of aromatic nitrogens is 2. The number of carboxylic acid groups (broad SMARTS) is 1. The molecule has 0 unspecified atom stereocenters. The van der Waals surface area contributed by atoms with E-state index in [0.717, 1.165) is 5.56 Å². The van der Waals surface area contributed by atoms with E-state index in [9.17, 15) is 9.18 Å². The maximum absolute atomic E-state index is 13.0. The Morgan fingerprint density at radius 1 is 1.25 bits per heavy atom. The number of hydrogen-bond acceptors (Lipinski definition) is 3. The Kier molecular flexibility index (Phi) is 2.59. The summed E-state index contributed by atoms with van der Waals surface area (Å²) in [6.07, 6.45) is 4.43. The van der Waals surface area contributed by atoms with Gasteiger partial charge in [-0.25, -0.2) is 9.78 Å². The van der Waals surface area contributed by atoms with Crippen molar-refractivity contribution in [1.29, 1.82) is 0 Å². The number of halogens is 1. The molecule has 0 amide bonds. The van der Waals surface area contributed by atoms with Gasteiger partial charge in [0.1, 0.15) is 5.56 Å². The Bertz CT molecular complexity index is 529. The third kappa shape index (κ3) is 1.88. The number of hydrogen-bond donors (Lipinski definition) is 1. The second kappa shape index (κ2) is 4.06. The summed E-state index contributed by atoms with van der Waals surface area (Å²) in [5, 5.41) is 8.74. The van der Waals surface area contributed by atoms with Gasteiger partial charge in [-0.2, -0.15) is 4.39 Å². The summed E-state index contributed by atoms with van der Waals surface area (Å²) in [5.74, 6) is -2.31. The molecule has 0 bridgehead atoms. The average Bonchev–Trinajstić information content (AvgIpc) is 2.30. The van der Waals surface area contributed by atoms with Gasteiger partial charge in [0.25, 0.3) is 0 Å². The molecule has 5 heteroatoms. The van der Waals surface area contributed by atoms with Crippen molar-refractivity contribution in [2.45, 2.75) is 0 Å². The molecule has 1 N–H and O–H groups in total. The summed E-state index contributed by atoms with van der Waals surface area (Å²) in [6.45, 7) is 0. The van der Waals surface area contributed by atoms with Crippen molar-refractivity contribution in [1.82, 2.24) is 9.97 Å². The lowest BCUT2D eigenvalue weighted by atomic mass is 10.1. The van der Waals surface area contributed by atoms with Crippen LogP contribution >= 0.6 is 0 Å². The van der Waals surface area contributed by atoms with Crippen LogP contribution in [0.25, 0.3) is 11.1 Å². The highest BCUT2D eigenvalue weighted by Gasteiger charge is 2.12. The highest BCUT2D eigenvalue weighted by atomic mass is 19.1. The highest BCUT2D eigenvalue weighted by molar-refractivity contribution is 5.89. The second-order valence-corrected chi connectivity index (χ2v) is 3.10. The fourth-order valence-electron chi connectivity index (χ4n) is 1.30. The van der Waals surface area contributed by atoms with Gasteiger partial charge in [0.05, 0.1) is 0 Å². The molecule has 4 nitrogen and oxygen atoms in total. The molecule has 0 aromatic carbocycles. The first-order valence-electron chi connectivity index (χ1n) is 4.47. The molecule has 0 spiro atoms. The average molecular weight is 218 g/mol. The summed E-state index contributed by atoms with van der Waals surface area (Å²) in [7, 11) is 0. The maximum atomic E-state index is 13.0. The van der Waals surface area contributed by atoms with E-state index in [4.69, 9.17) is 5.11 Å². The minimum atomic E-state index is -1.33. The lowest BCUT2D eigenvalue weighted by molar-refractivity contribution is 0.0691. The number of pyridine rings is 2. The van der Waals surface area contributed by atoms with Crippen LogP contribution in [0.5, 0.6) is 0 Å². The summed E-state index contributed by atoms with van der Waals surface area (Å²) in [5.41, 5.74) is 0.848. The molecule has 0 aliphatic carbocycles. The van der Waals surface area contributed by atoms with Gasteiger partial charge < -0.3 is 5.11 Å². The standard InChI is InChI=1S/C11H7FN2O2/c12-10-9(11(15)16)5-8(6-14-10)7-1-3-13-4-2-7/h1-6H,(H,15,16). The highest BCUT2D eigenvalue weighted by Crippen LogP contribution is 2.19. The molecule has 2 aromatic rings. The molecule has 2 heterocycles. The molecule has 0 saturated heterocycles. The molecular formula is C11H7FN2O2. The molecule has 0 atom stereocenters. The topological polar surface area (TPSA) is 63.1 Å². The number of rotatable bonds is 2. The number of carbonyl (C=O) groups is 1. The van der Waals surface area contributed by atoms with Crippen molar-refractivity contribution in [2.24, 2.45) is 0 Å². The number of nitrogens with zero attached hydrogens (tertiary/aromatic N) is 2. The van der Waals surface area contributed by atoms with Crippen LogP contribution < -0.4 is 0 Å². The predicted molar refractivity (Wildman–Crippen MR) is 54.4 cm³/mol. The van der Waals surface area contributed by atoms with Crippen molar-refractivity contribution in [2.75, 3.05) is 0 Å². The van der Waals surface area contributed by atoms with Crippen LogP contribution in [0.15, 0.2) is 36.8 Å². The SMILES string of the molecule is O=C(O)c1cc(-c2ccncc2)cnc1F.